The summed E-state index contributed by atoms with van der Waals surface area (Å²) in [7, 11) is 0. The van der Waals surface area contributed by atoms with Gasteiger partial charge in [-0.1, -0.05) is 49.4 Å². The Bertz CT molecular complexity index is 782. The Morgan fingerprint density at radius 1 is 1.21 bits per heavy atom. The van der Waals surface area contributed by atoms with Gasteiger partial charge in [0, 0.05) is 23.7 Å². The van der Waals surface area contributed by atoms with Gasteiger partial charge in [-0.3, -0.25) is 4.79 Å². The van der Waals surface area contributed by atoms with Gasteiger partial charge < -0.3 is 10.6 Å². The molecule has 3 unspecified atom stereocenters. The van der Waals surface area contributed by atoms with Gasteiger partial charge >= 0.3 is 0 Å². The summed E-state index contributed by atoms with van der Waals surface area (Å²) in [6.45, 7) is 1.87. The van der Waals surface area contributed by atoms with Gasteiger partial charge in [0.15, 0.2) is 0 Å². The van der Waals surface area contributed by atoms with Gasteiger partial charge in [-0.05, 0) is 41.7 Å². The highest BCUT2D eigenvalue weighted by Crippen LogP contribution is 2.50. The fraction of sp³-hybridized carbons (Fsp3) is 0.286. The van der Waals surface area contributed by atoms with Crippen molar-refractivity contribution in [3.8, 4) is 0 Å². The zero-order valence-electron chi connectivity index (χ0n) is 13.8. The molecular formula is C21H22N2O. The average Bonchev–Trinajstić information content (AvgIpc) is 3.12. The van der Waals surface area contributed by atoms with Crippen molar-refractivity contribution in [3.05, 3.63) is 71.8 Å². The minimum atomic E-state index is 0.0550. The lowest BCUT2D eigenvalue weighted by molar-refractivity contribution is -0.115. The molecule has 0 spiro atoms. The van der Waals surface area contributed by atoms with Gasteiger partial charge in [-0.25, -0.2) is 0 Å². The van der Waals surface area contributed by atoms with Gasteiger partial charge in [0.2, 0.25) is 5.91 Å². The smallest absolute Gasteiger partial charge is 0.224 e. The number of amides is 1. The van der Waals surface area contributed by atoms with E-state index >= 15 is 0 Å². The van der Waals surface area contributed by atoms with Gasteiger partial charge in [0.05, 0.1) is 6.04 Å². The maximum Gasteiger partial charge on any atom is 0.224 e. The Morgan fingerprint density at radius 2 is 2.04 bits per heavy atom. The van der Waals surface area contributed by atoms with Crippen LogP contribution in [0.15, 0.2) is 60.7 Å². The number of nitrogens with one attached hydrogen (secondary N) is 2. The predicted octanol–water partition coefficient (Wildman–Crippen LogP) is 4.86. The molecule has 3 atom stereocenters. The minimum absolute atomic E-state index is 0.0550. The number of anilines is 2. The Kier molecular flexibility index (Phi) is 3.85. The van der Waals surface area contributed by atoms with Gasteiger partial charge in [-0.15, -0.1) is 0 Å². The number of carbonyl (C=O) groups excluding carboxylic acids is 1. The van der Waals surface area contributed by atoms with E-state index in [1.807, 2.05) is 13.0 Å². The SMILES string of the molecule is CCC(=O)Nc1ccc2c(c1)C1C=CCC1C(c1ccccc1)N2. The van der Waals surface area contributed by atoms with E-state index < -0.39 is 0 Å². The number of hydrogen-bond acceptors (Lipinski definition) is 2. The van der Waals surface area contributed by atoms with Crippen molar-refractivity contribution in [1.82, 2.24) is 0 Å². The Morgan fingerprint density at radius 3 is 2.83 bits per heavy atom. The van der Waals surface area contributed by atoms with Crippen LogP contribution in [0.3, 0.4) is 0 Å². The van der Waals surface area contributed by atoms with Crippen LogP contribution in [0.1, 0.15) is 42.9 Å². The van der Waals surface area contributed by atoms with Crippen LogP contribution >= 0.6 is 0 Å². The zero-order chi connectivity index (χ0) is 16.5. The third-order valence-corrected chi connectivity index (χ3v) is 5.13. The first-order valence-electron chi connectivity index (χ1n) is 8.68. The van der Waals surface area contributed by atoms with Crippen LogP contribution in [-0.4, -0.2) is 5.91 Å². The van der Waals surface area contributed by atoms with Crippen molar-refractivity contribution in [3.63, 3.8) is 0 Å². The highest BCUT2D eigenvalue weighted by atomic mass is 16.1. The molecule has 0 radical (unpaired) electrons. The molecule has 0 bridgehead atoms. The molecule has 3 nitrogen and oxygen atoms in total. The number of allylic oxidation sites excluding steroid dienone is 2. The molecule has 2 aromatic rings. The summed E-state index contributed by atoms with van der Waals surface area (Å²) >= 11 is 0. The average molecular weight is 318 g/mol. The third-order valence-electron chi connectivity index (χ3n) is 5.13. The largest absolute Gasteiger partial charge is 0.378 e. The molecule has 0 saturated carbocycles. The fourth-order valence-electron chi connectivity index (χ4n) is 3.91. The van der Waals surface area contributed by atoms with Crippen molar-refractivity contribution in [2.45, 2.75) is 31.7 Å². The van der Waals surface area contributed by atoms with E-state index in [4.69, 9.17) is 0 Å². The van der Waals surface area contributed by atoms with Crippen molar-refractivity contribution in [1.29, 1.82) is 0 Å². The van der Waals surface area contributed by atoms with Crippen molar-refractivity contribution < 1.29 is 4.79 Å². The normalized spacial score (nSPS) is 24.0. The van der Waals surface area contributed by atoms with Crippen LogP contribution in [0.2, 0.25) is 0 Å². The van der Waals surface area contributed by atoms with E-state index in [9.17, 15) is 4.79 Å². The Balaban J connectivity index is 1.69. The quantitative estimate of drug-likeness (QED) is 0.793. The second-order valence-electron chi connectivity index (χ2n) is 6.59. The molecule has 122 valence electrons. The van der Waals surface area contributed by atoms with E-state index in [0.717, 1.165) is 12.1 Å². The second kappa shape index (κ2) is 6.16. The lowest BCUT2D eigenvalue weighted by atomic mass is 9.77. The summed E-state index contributed by atoms with van der Waals surface area (Å²) in [5.74, 6) is 0.987. The molecule has 24 heavy (non-hydrogen) atoms. The summed E-state index contributed by atoms with van der Waals surface area (Å²) < 4.78 is 0. The molecule has 3 heteroatoms. The Labute approximate surface area is 142 Å². The van der Waals surface area contributed by atoms with Crippen LogP contribution in [0, 0.1) is 5.92 Å². The van der Waals surface area contributed by atoms with Gasteiger partial charge in [-0.2, -0.15) is 0 Å². The molecule has 2 N–H and O–H groups in total. The first-order valence-corrected chi connectivity index (χ1v) is 8.68. The number of carbonyl (C=O) groups is 1. The molecule has 1 aliphatic carbocycles. The standard InChI is InChI=1S/C21H22N2O/c1-2-20(24)22-15-11-12-19-18(13-15)16-9-6-10-17(16)21(23-19)14-7-4-3-5-8-14/h3-9,11-13,16-17,21,23H,2,10H2,1H3,(H,22,24). The van der Waals surface area contributed by atoms with Crippen molar-refractivity contribution in [2.24, 2.45) is 5.92 Å². The van der Waals surface area contributed by atoms with E-state index in [-0.39, 0.29) is 5.91 Å². The fourth-order valence-corrected chi connectivity index (χ4v) is 3.91. The van der Waals surface area contributed by atoms with E-state index in [0.29, 0.717) is 24.3 Å². The van der Waals surface area contributed by atoms with Crippen molar-refractivity contribution in [2.75, 3.05) is 10.6 Å². The monoisotopic (exact) mass is 318 g/mol. The lowest BCUT2D eigenvalue weighted by Gasteiger charge is -2.37. The van der Waals surface area contributed by atoms with E-state index in [1.165, 1.54) is 16.8 Å². The molecular weight excluding hydrogens is 296 g/mol. The number of rotatable bonds is 3. The van der Waals surface area contributed by atoms with E-state index in [1.54, 1.807) is 0 Å². The molecule has 4 rings (SSSR count). The summed E-state index contributed by atoms with van der Waals surface area (Å²) in [6, 6.07) is 17.2. The molecule has 1 aliphatic heterocycles. The molecule has 2 aromatic carbocycles. The summed E-state index contributed by atoms with van der Waals surface area (Å²) in [4.78, 5) is 11.7. The first-order chi connectivity index (χ1) is 11.8. The highest BCUT2D eigenvalue weighted by Gasteiger charge is 2.37. The molecule has 2 aliphatic rings. The second-order valence-corrected chi connectivity index (χ2v) is 6.59. The third kappa shape index (κ3) is 2.60. The topological polar surface area (TPSA) is 41.1 Å². The number of benzene rings is 2. The number of fused-ring (bicyclic) bond motifs is 3. The molecule has 1 amide bonds. The van der Waals surface area contributed by atoms with Crippen molar-refractivity contribution >= 4 is 17.3 Å². The summed E-state index contributed by atoms with van der Waals surface area (Å²) in [6.07, 6.45) is 6.20. The predicted molar refractivity (Wildman–Crippen MR) is 98.2 cm³/mol. The maximum atomic E-state index is 11.7. The van der Waals surface area contributed by atoms with Crippen LogP contribution in [-0.2, 0) is 4.79 Å². The van der Waals surface area contributed by atoms with E-state index in [2.05, 4.69) is 65.3 Å². The van der Waals surface area contributed by atoms with Crippen LogP contribution in [0.4, 0.5) is 11.4 Å². The Hall–Kier alpha value is -2.55. The van der Waals surface area contributed by atoms with Crippen LogP contribution in [0.5, 0.6) is 0 Å². The van der Waals surface area contributed by atoms with Crippen LogP contribution in [0.25, 0.3) is 0 Å². The summed E-state index contributed by atoms with van der Waals surface area (Å²) in [5, 5.41) is 6.70. The lowest BCUT2D eigenvalue weighted by Crippen LogP contribution is -2.29. The molecule has 0 fully saturated rings. The van der Waals surface area contributed by atoms with Gasteiger partial charge in [0.1, 0.15) is 0 Å². The first kappa shape index (κ1) is 15.0. The maximum absolute atomic E-state index is 11.7. The number of hydrogen-bond donors (Lipinski definition) is 2. The highest BCUT2D eigenvalue weighted by molar-refractivity contribution is 5.91. The molecule has 1 heterocycles. The van der Waals surface area contributed by atoms with Gasteiger partial charge in [0.25, 0.3) is 0 Å². The molecule has 0 saturated heterocycles. The zero-order valence-corrected chi connectivity index (χ0v) is 13.8. The van der Waals surface area contributed by atoms with Crippen LogP contribution < -0.4 is 10.6 Å². The minimum Gasteiger partial charge on any atom is -0.378 e. The molecule has 0 aromatic heterocycles. The summed E-state index contributed by atoms with van der Waals surface area (Å²) in [5.41, 5.74) is 4.69.